The minimum absolute atomic E-state index is 0.752. The molecule has 0 saturated heterocycles. The molecule has 1 heteroatoms. The Morgan fingerprint density at radius 1 is 1.75 bits per heavy atom. The van der Waals surface area contributed by atoms with Crippen molar-refractivity contribution in [1.82, 2.24) is 0 Å². The maximum atomic E-state index is 4.94. The van der Waals surface area contributed by atoms with Crippen molar-refractivity contribution in [2.75, 3.05) is 0 Å². The Kier molecular flexibility index (Phi) is 1.38. The van der Waals surface area contributed by atoms with Crippen molar-refractivity contribution in [3.8, 4) is 0 Å². The summed E-state index contributed by atoms with van der Waals surface area (Å²) in [6.07, 6.45) is 2.77. The normalized spacial score (nSPS) is 9.75. The van der Waals surface area contributed by atoms with Gasteiger partial charge in [0.05, 0.1) is 6.26 Å². The topological polar surface area (TPSA) is 13.1 Å². The largest absolute Gasteiger partial charge is 0.469 e. The highest BCUT2D eigenvalue weighted by atomic mass is 16.3. The van der Waals surface area contributed by atoms with Crippen LogP contribution in [0.5, 0.6) is 0 Å². The fourth-order valence-corrected chi connectivity index (χ4v) is 0.612. The highest BCUT2D eigenvalue weighted by molar-refractivity contribution is 5.13. The minimum atomic E-state index is 0.752. The predicted octanol–water partition coefficient (Wildman–Crippen LogP) is 2.02. The zero-order chi connectivity index (χ0) is 5.98. The molecule has 0 atom stereocenters. The van der Waals surface area contributed by atoms with Gasteiger partial charge in [-0.15, -0.1) is 0 Å². The van der Waals surface area contributed by atoms with E-state index in [1.165, 1.54) is 5.56 Å². The van der Waals surface area contributed by atoms with Crippen molar-refractivity contribution in [2.24, 2.45) is 0 Å². The molecule has 1 rings (SSSR count). The Hall–Kier alpha value is -0.720. The van der Waals surface area contributed by atoms with Crippen LogP contribution in [0.1, 0.15) is 18.2 Å². The molecule has 1 aromatic heterocycles. The molecule has 8 heavy (non-hydrogen) atoms. The number of rotatable bonds is 1. The summed E-state index contributed by atoms with van der Waals surface area (Å²) >= 11 is 0. The Morgan fingerprint density at radius 3 is 2.75 bits per heavy atom. The molecule has 0 spiro atoms. The molecule has 1 heterocycles. The minimum Gasteiger partial charge on any atom is -0.469 e. The molecule has 0 unspecified atom stereocenters. The van der Waals surface area contributed by atoms with Gasteiger partial charge < -0.3 is 4.42 Å². The van der Waals surface area contributed by atoms with Crippen LogP contribution in [0.2, 0.25) is 0 Å². The predicted molar refractivity (Wildman–Crippen MR) is 32.5 cm³/mol. The van der Waals surface area contributed by atoms with E-state index in [9.17, 15) is 0 Å². The monoisotopic (exact) mass is 109 g/mol. The number of hydrogen-bond acceptors (Lipinski definition) is 1. The molecule has 1 nitrogen and oxygen atoms in total. The lowest BCUT2D eigenvalue weighted by Gasteiger charge is -1.77. The van der Waals surface area contributed by atoms with Crippen molar-refractivity contribution in [3.05, 3.63) is 30.6 Å². The summed E-state index contributed by atoms with van der Waals surface area (Å²) in [5.41, 5.74) is 1.22. The third-order valence-corrected chi connectivity index (χ3v) is 1.12. The average Bonchev–Trinajstić information content (AvgIpc) is 2.14. The van der Waals surface area contributed by atoms with Gasteiger partial charge in [0.1, 0.15) is 5.76 Å². The van der Waals surface area contributed by atoms with Crippen LogP contribution in [-0.4, -0.2) is 0 Å². The summed E-state index contributed by atoms with van der Waals surface area (Å²) < 4.78 is 4.94. The maximum absolute atomic E-state index is 4.94. The first-order valence-corrected chi connectivity index (χ1v) is 2.72. The van der Waals surface area contributed by atoms with Gasteiger partial charge in [-0.3, -0.25) is 0 Å². The standard InChI is InChI=1S/C7H9O/c1-3-7-4-6(2)8-5-7/h4-5H,2-3H2,1H3. The van der Waals surface area contributed by atoms with Gasteiger partial charge in [0.2, 0.25) is 0 Å². The van der Waals surface area contributed by atoms with Gasteiger partial charge in [-0.25, -0.2) is 0 Å². The summed E-state index contributed by atoms with van der Waals surface area (Å²) in [6, 6.07) is 1.94. The smallest absolute Gasteiger partial charge is 0.104 e. The average molecular weight is 109 g/mol. The van der Waals surface area contributed by atoms with Gasteiger partial charge in [0.25, 0.3) is 0 Å². The van der Waals surface area contributed by atoms with Crippen LogP contribution in [-0.2, 0) is 6.42 Å². The molecule has 1 aromatic rings. The fourth-order valence-electron chi connectivity index (χ4n) is 0.612. The van der Waals surface area contributed by atoms with Crippen LogP contribution in [0.25, 0.3) is 0 Å². The Balaban J connectivity index is 2.84. The number of aryl methyl sites for hydroxylation is 1. The third kappa shape index (κ3) is 0.915. The third-order valence-electron chi connectivity index (χ3n) is 1.12. The fraction of sp³-hybridized carbons (Fsp3) is 0.286. The summed E-state index contributed by atoms with van der Waals surface area (Å²) in [7, 11) is 0. The Morgan fingerprint density at radius 2 is 2.50 bits per heavy atom. The first-order chi connectivity index (χ1) is 3.83. The van der Waals surface area contributed by atoms with Gasteiger partial charge in [-0.2, -0.15) is 0 Å². The molecule has 0 aromatic carbocycles. The van der Waals surface area contributed by atoms with Crippen LogP contribution in [0.15, 0.2) is 16.7 Å². The van der Waals surface area contributed by atoms with Crippen molar-refractivity contribution < 1.29 is 4.42 Å². The number of hydrogen-bond donors (Lipinski definition) is 0. The van der Waals surface area contributed by atoms with E-state index in [-0.39, 0.29) is 0 Å². The molecule has 0 aliphatic heterocycles. The highest BCUT2D eigenvalue weighted by Crippen LogP contribution is 2.05. The van der Waals surface area contributed by atoms with Gasteiger partial charge in [0.15, 0.2) is 0 Å². The van der Waals surface area contributed by atoms with Gasteiger partial charge in [-0.05, 0) is 18.1 Å². The highest BCUT2D eigenvalue weighted by Gasteiger charge is 1.91. The first kappa shape index (κ1) is 5.42. The quantitative estimate of drug-likeness (QED) is 0.537. The summed E-state index contributed by atoms with van der Waals surface area (Å²) in [4.78, 5) is 0. The molecule has 0 amide bonds. The van der Waals surface area contributed by atoms with E-state index < -0.39 is 0 Å². The Bertz CT molecular complexity index is 165. The van der Waals surface area contributed by atoms with Gasteiger partial charge >= 0.3 is 0 Å². The van der Waals surface area contributed by atoms with E-state index in [4.69, 9.17) is 4.42 Å². The van der Waals surface area contributed by atoms with E-state index in [1.807, 2.05) is 6.07 Å². The number of furan rings is 1. The second kappa shape index (κ2) is 2.03. The van der Waals surface area contributed by atoms with E-state index in [0.29, 0.717) is 0 Å². The lowest BCUT2D eigenvalue weighted by atomic mass is 10.2. The maximum Gasteiger partial charge on any atom is 0.104 e. The van der Waals surface area contributed by atoms with Crippen LogP contribution >= 0.6 is 0 Å². The molecule has 0 bridgehead atoms. The lowest BCUT2D eigenvalue weighted by Crippen LogP contribution is -1.67. The molecule has 43 valence electrons. The SMILES string of the molecule is [CH2]c1cc(CC)co1. The van der Waals surface area contributed by atoms with Crippen molar-refractivity contribution in [1.29, 1.82) is 0 Å². The van der Waals surface area contributed by atoms with Gasteiger partial charge in [-0.1, -0.05) is 6.92 Å². The molecular weight excluding hydrogens is 100 g/mol. The second-order valence-electron chi connectivity index (χ2n) is 1.77. The van der Waals surface area contributed by atoms with Crippen LogP contribution in [0.4, 0.5) is 0 Å². The molecule has 1 radical (unpaired) electrons. The van der Waals surface area contributed by atoms with E-state index >= 15 is 0 Å². The summed E-state index contributed by atoms with van der Waals surface area (Å²) in [6.45, 7) is 5.71. The zero-order valence-electron chi connectivity index (χ0n) is 4.98. The molecule has 0 aliphatic rings. The zero-order valence-corrected chi connectivity index (χ0v) is 4.98. The van der Waals surface area contributed by atoms with E-state index in [1.54, 1.807) is 6.26 Å². The van der Waals surface area contributed by atoms with Crippen LogP contribution < -0.4 is 0 Å². The summed E-state index contributed by atoms with van der Waals surface area (Å²) in [5.74, 6) is 0.752. The van der Waals surface area contributed by atoms with Gasteiger partial charge in [0, 0.05) is 6.92 Å². The first-order valence-electron chi connectivity index (χ1n) is 2.72. The lowest BCUT2D eigenvalue weighted by molar-refractivity contribution is 0.546. The van der Waals surface area contributed by atoms with Crippen molar-refractivity contribution >= 4 is 0 Å². The van der Waals surface area contributed by atoms with Crippen molar-refractivity contribution in [2.45, 2.75) is 13.3 Å². The molecule has 0 aliphatic carbocycles. The molecule has 0 N–H and O–H groups in total. The van der Waals surface area contributed by atoms with Crippen LogP contribution in [0, 0.1) is 6.92 Å². The van der Waals surface area contributed by atoms with Crippen LogP contribution in [0.3, 0.4) is 0 Å². The van der Waals surface area contributed by atoms with E-state index in [2.05, 4.69) is 13.8 Å². The molecular formula is C7H9O. The Labute approximate surface area is 49.3 Å². The van der Waals surface area contributed by atoms with E-state index in [0.717, 1.165) is 12.2 Å². The summed E-state index contributed by atoms with van der Waals surface area (Å²) in [5, 5.41) is 0. The second-order valence-corrected chi connectivity index (χ2v) is 1.77. The molecule has 0 fully saturated rings. The molecule has 0 saturated carbocycles. The van der Waals surface area contributed by atoms with Crippen molar-refractivity contribution in [3.63, 3.8) is 0 Å².